The lowest BCUT2D eigenvalue weighted by molar-refractivity contribution is -0.117. The first-order valence-corrected chi connectivity index (χ1v) is 10.9. The minimum Gasteiger partial charge on any atom is -0.326 e. The van der Waals surface area contributed by atoms with Gasteiger partial charge in [0.2, 0.25) is 11.8 Å². The molecule has 0 aliphatic carbocycles. The molecule has 3 heterocycles. The summed E-state index contributed by atoms with van der Waals surface area (Å²) in [6.45, 7) is 0.740. The molecule has 0 unspecified atom stereocenters. The van der Waals surface area contributed by atoms with Gasteiger partial charge in [-0.05, 0) is 55.0 Å². The lowest BCUT2D eigenvalue weighted by Gasteiger charge is -2.16. The summed E-state index contributed by atoms with van der Waals surface area (Å²) in [6, 6.07) is 13.5. The van der Waals surface area contributed by atoms with Crippen LogP contribution >= 0.6 is 11.3 Å². The molecule has 2 aromatic heterocycles. The molecule has 0 bridgehead atoms. The molecule has 4 aromatic rings. The number of rotatable bonds is 5. The standard InChI is InChI=1S/C23H19FN4O2S/c24-16-5-3-15(4-6-16)20-13-28-19(14-31-23(28)26-20)12-21(29)25-17-7-9-18(10-8-17)27-11-1-2-22(27)30/h3-10,13-14H,1-2,11-12H2,(H,25,29). The largest absolute Gasteiger partial charge is 0.326 e. The second-order valence-electron chi connectivity index (χ2n) is 7.43. The van der Waals surface area contributed by atoms with Crippen LogP contribution in [0.25, 0.3) is 16.2 Å². The van der Waals surface area contributed by atoms with Gasteiger partial charge in [0, 0.05) is 47.2 Å². The van der Waals surface area contributed by atoms with Gasteiger partial charge in [0.05, 0.1) is 12.1 Å². The van der Waals surface area contributed by atoms with Crippen molar-refractivity contribution in [3.63, 3.8) is 0 Å². The fourth-order valence-corrected chi connectivity index (χ4v) is 4.60. The molecule has 0 spiro atoms. The maximum atomic E-state index is 13.2. The summed E-state index contributed by atoms with van der Waals surface area (Å²) in [5.74, 6) is -0.289. The first-order valence-electron chi connectivity index (χ1n) is 9.98. The Balaban J connectivity index is 1.28. The predicted molar refractivity (Wildman–Crippen MR) is 119 cm³/mol. The number of imidazole rings is 1. The number of nitrogens with one attached hydrogen (secondary N) is 1. The number of amides is 2. The summed E-state index contributed by atoms with van der Waals surface area (Å²) in [5.41, 5.74) is 3.93. The van der Waals surface area contributed by atoms with Gasteiger partial charge in [-0.25, -0.2) is 9.37 Å². The van der Waals surface area contributed by atoms with Crippen LogP contribution in [0.15, 0.2) is 60.1 Å². The molecule has 31 heavy (non-hydrogen) atoms. The van der Waals surface area contributed by atoms with Gasteiger partial charge in [0.1, 0.15) is 5.82 Å². The molecule has 1 saturated heterocycles. The van der Waals surface area contributed by atoms with Crippen molar-refractivity contribution in [1.82, 2.24) is 9.38 Å². The van der Waals surface area contributed by atoms with Crippen LogP contribution in [0.3, 0.4) is 0 Å². The maximum Gasteiger partial charge on any atom is 0.230 e. The highest BCUT2D eigenvalue weighted by atomic mass is 32.1. The van der Waals surface area contributed by atoms with Gasteiger partial charge < -0.3 is 10.2 Å². The lowest BCUT2D eigenvalue weighted by Crippen LogP contribution is -2.23. The Bertz CT molecular complexity index is 1260. The number of carbonyl (C=O) groups is 2. The summed E-state index contributed by atoms with van der Waals surface area (Å²) < 4.78 is 15.1. The van der Waals surface area contributed by atoms with Crippen LogP contribution in [-0.4, -0.2) is 27.7 Å². The molecule has 8 heteroatoms. The van der Waals surface area contributed by atoms with Gasteiger partial charge in [-0.1, -0.05) is 0 Å². The molecule has 1 aliphatic heterocycles. The Hall–Kier alpha value is -3.52. The lowest BCUT2D eigenvalue weighted by atomic mass is 10.2. The van der Waals surface area contributed by atoms with E-state index in [4.69, 9.17) is 0 Å². The van der Waals surface area contributed by atoms with Gasteiger partial charge in [-0.15, -0.1) is 11.3 Å². The molecule has 0 radical (unpaired) electrons. The van der Waals surface area contributed by atoms with Crippen molar-refractivity contribution in [3.05, 3.63) is 71.6 Å². The van der Waals surface area contributed by atoms with Crippen molar-refractivity contribution in [2.24, 2.45) is 0 Å². The fraction of sp³-hybridized carbons (Fsp3) is 0.174. The smallest absolute Gasteiger partial charge is 0.230 e. The number of hydrogen-bond donors (Lipinski definition) is 1. The molecule has 6 nitrogen and oxygen atoms in total. The van der Waals surface area contributed by atoms with Crippen LogP contribution in [0.1, 0.15) is 18.5 Å². The Labute approximate surface area is 182 Å². The molecule has 5 rings (SSSR count). The van der Waals surface area contributed by atoms with Gasteiger partial charge in [-0.3, -0.25) is 14.0 Å². The molecular weight excluding hydrogens is 415 g/mol. The highest BCUT2D eigenvalue weighted by Crippen LogP contribution is 2.25. The van der Waals surface area contributed by atoms with E-state index in [0.717, 1.165) is 40.6 Å². The van der Waals surface area contributed by atoms with Crippen LogP contribution < -0.4 is 10.2 Å². The zero-order valence-electron chi connectivity index (χ0n) is 16.5. The average molecular weight is 434 g/mol. The summed E-state index contributed by atoms with van der Waals surface area (Å²) in [5, 5.41) is 4.82. The number of benzene rings is 2. The summed E-state index contributed by atoms with van der Waals surface area (Å²) in [7, 11) is 0. The van der Waals surface area contributed by atoms with Crippen LogP contribution in [0, 0.1) is 5.82 Å². The van der Waals surface area contributed by atoms with Gasteiger partial charge >= 0.3 is 0 Å². The number of thiazole rings is 1. The first kappa shape index (κ1) is 19.4. The minimum atomic E-state index is -0.290. The zero-order valence-corrected chi connectivity index (χ0v) is 17.4. The SMILES string of the molecule is O=C(Cc1csc2nc(-c3ccc(F)cc3)cn12)Nc1ccc(N2CCCC2=O)cc1. The molecule has 2 amide bonds. The second kappa shape index (κ2) is 7.96. The van der Waals surface area contributed by atoms with E-state index in [0.29, 0.717) is 12.1 Å². The molecule has 156 valence electrons. The van der Waals surface area contributed by atoms with Crippen LogP contribution in [-0.2, 0) is 16.0 Å². The van der Waals surface area contributed by atoms with Crippen molar-refractivity contribution in [2.75, 3.05) is 16.8 Å². The number of aromatic nitrogens is 2. The Kier molecular flexibility index (Phi) is 4.99. The monoisotopic (exact) mass is 434 g/mol. The Morgan fingerprint density at radius 1 is 1.13 bits per heavy atom. The molecule has 0 saturated carbocycles. The number of anilines is 2. The first-order chi connectivity index (χ1) is 15.1. The van der Waals surface area contributed by atoms with E-state index < -0.39 is 0 Å². The third kappa shape index (κ3) is 3.94. The average Bonchev–Trinajstić information content (AvgIpc) is 3.47. The summed E-state index contributed by atoms with van der Waals surface area (Å²) >= 11 is 1.46. The normalized spacial score (nSPS) is 13.8. The van der Waals surface area contributed by atoms with Crippen molar-refractivity contribution in [2.45, 2.75) is 19.3 Å². The molecule has 1 N–H and O–H groups in total. The highest BCUT2D eigenvalue weighted by molar-refractivity contribution is 7.15. The van der Waals surface area contributed by atoms with E-state index in [1.165, 1.54) is 23.5 Å². The van der Waals surface area contributed by atoms with Crippen molar-refractivity contribution < 1.29 is 14.0 Å². The number of carbonyl (C=O) groups excluding carboxylic acids is 2. The van der Waals surface area contributed by atoms with Crippen LogP contribution in [0.5, 0.6) is 0 Å². The Morgan fingerprint density at radius 3 is 2.61 bits per heavy atom. The molecule has 1 aliphatic rings. The Morgan fingerprint density at radius 2 is 1.90 bits per heavy atom. The van der Waals surface area contributed by atoms with Crippen molar-refractivity contribution in [3.8, 4) is 11.3 Å². The molecule has 1 fully saturated rings. The number of hydrogen-bond acceptors (Lipinski definition) is 4. The van der Waals surface area contributed by atoms with Crippen LogP contribution in [0.2, 0.25) is 0 Å². The van der Waals surface area contributed by atoms with E-state index in [2.05, 4.69) is 10.3 Å². The van der Waals surface area contributed by atoms with Gasteiger partial charge in [0.25, 0.3) is 0 Å². The number of halogens is 1. The predicted octanol–water partition coefficient (Wildman–Crippen LogP) is 4.51. The molecule has 2 aromatic carbocycles. The summed E-state index contributed by atoms with van der Waals surface area (Å²) in [6.07, 6.45) is 3.53. The van der Waals surface area contributed by atoms with E-state index in [-0.39, 0.29) is 24.1 Å². The highest BCUT2D eigenvalue weighted by Gasteiger charge is 2.21. The summed E-state index contributed by atoms with van der Waals surface area (Å²) in [4.78, 5) is 31.6. The number of fused-ring (bicyclic) bond motifs is 1. The van der Waals surface area contributed by atoms with Crippen molar-refractivity contribution >= 4 is 39.5 Å². The fourth-order valence-electron chi connectivity index (χ4n) is 3.73. The van der Waals surface area contributed by atoms with E-state index >= 15 is 0 Å². The van der Waals surface area contributed by atoms with Crippen molar-refractivity contribution in [1.29, 1.82) is 0 Å². The van der Waals surface area contributed by atoms with E-state index in [1.807, 2.05) is 40.2 Å². The van der Waals surface area contributed by atoms with Gasteiger partial charge in [-0.2, -0.15) is 0 Å². The minimum absolute atomic E-state index is 0.137. The molecular formula is C23H19FN4O2S. The quantitative estimate of drug-likeness (QED) is 0.503. The van der Waals surface area contributed by atoms with Crippen LogP contribution in [0.4, 0.5) is 15.8 Å². The topological polar surface area (TPSA) is 66.7 Å². The van der Waals surface area contributed by atoms with E-state index in [1.54, 1.807) is 17.0 Å². The van der Waals surface area contributed by atoms with Gasteiger partial charge in [0.15, 0.2) is 4.96 Å². The third-order valence-corrected chi connectivity index (χ3v) is 6.19. The van der Waals surface area contributed by atoms with E-state index in [9.17, 15) is 14.0 Å². The molecule has 0 atom stereocenters. The maximum absolute atomic E-state index is 13.2. The second-order valence-corrected chi connectivity index (χ2v) is 8.27. The third-order valence-electron chi connectivity index (χ3n) is 5.30. The number of nitrogens with zero attached hydrogens (tertiary/aromatic N) is 3. The zero-order chi connectivity index (χ0) is 21.4.